The number of hydrogen-bond donors (Lipinski definition) is 1. The van der Waals surface area contributed by atoms with E-state index in [0.717, 1.165) is 28.3 Å². The van der Waals surface area contributed by atoms with Gasteiger partial charge in [-0.25, -0.2) is 4.68 Å². The van der Waals surface area contributed by atoms with Gasteiger partial charge < -0.3 is 9.88 Å². The minimum atomic E-state index is -0.162. The third kappa shape index (κ3) is 3.54. The Morgan fingerprint density at radius 1 is 0.867 bits per heavy atom. The summed E-state index contributed by atoms with van der Waals surface area (Å²) in [5.74, 6) is 0.561. The minimum Gasteiger partial charge on any atom is -0.321 e. The van der Waals surface area contributed by atoms with Crippen molar-refractivity contribution < 1.29 is 4.79 Å². The summed E-state index contributed by atoms with van der Waals surface area (Å²) in [4.78, 5) is 13.5. The number of hydrogen-bond acceptors (Lipinski definition) is 2. The Hall–Kier alpha value is -3.60. The van der Waals surface area contributed by atoms with E-state index in [1.807, 2.05) is 78.8 Å². The second kappa shape index (κ2) is 7.67. The van der Waals surface area contributed by atoms with Gasteiger partial charge >= 0.3 is 0 Å². The monoisotopic (exact) mass is 398 g/mol. The molecule has 0 unspecified atom stereocenters. The van der Waals surface area contributed by atoms with E-state index in [1.54, 1.807) is 0 Å². The van der Waals surface area contributed by atoms with Gasteiger partial charge in [-0.15, -0.1) is 0 Å². The minimum absolute atomic E-state index is 0.162. The molecule has 0 saturated carbocycles. The molecule has 0 aliphatic heterocycles. The second-order valence-electron chi connectivity index (χ2n) is 7.85. The Morgan fingerprint density at radius 2 is 1.47 bits per heavy atom. The van der Waals surface area contributed by atoms with E-state index in [2.05, 4.69) is 31.3 Å². The summed E-state index contributed by atoms with van der Waals surface area (Å²) < 4.78 is 3.77. The lowest BCUT2D eigenvalue weighted by Gasteiger charge is -2.14. The summed E-state index contributed by atoms with van der Waals surface area (Å²) in [5.41, 5.74) is 7.46. The van der Waals surface area contributed by atoms with E-state index in [-0.39, 0.29) is 5.91 Å². The van der Waals surface area contributed by atoms with Crippen molar-refractivity contribution in [3.05, 3.63) is 94.4 Å². The average molecular weight is 399 g/mol. The van der Waals surface area contributed by atoms with Crippen LogP contribution in [0.1, 0.15) is 38.3 Å². The highest BCUT2D eigenvalue weighted by atomic mass is 16.1. The van der Waals surface area contributed by atoms with Crippen LogP contribution in [0.25, 0.3) is 11.5 Å². The fraction of sp³-hybridized carbons (Fsp3) is 0.200. The summed E-state index contributed by atoms with van der Waals surface area (Å²) in [6.07, 6.45) is 3.86. The molecule has 0 radical (unpaired) electrons. The normalized spacial score (nSPS) is 11.0. The number of carbonyl (C=O) groups is 1. The van der Waals surface area contributed by atoms with Crippen LogP contribution in [0.4, 0.5) is 5.69 Å². The van der Waals surface area contributed by atoms with Crippen LogP contribution in [0.3, 0.4) is 0 Å². The highest BCUT2D eigenvalue weighted by molar-refractivity contribution is 6.08. The molecule has 152 valence electrons. The molecule has 2 aromatic carbocycles. The van der Waals surface area contributed by atoms with Gasteiger partial charge in [0, 0.05) is 18.1 Å². The summed E-state index contributed by atoms with van der Waals surface area (Å²) >= 11 is 0. The predicted octanol–water partition coefficient (Wildman–Crippen LogP) is 5.46. The summed E-state index contributed by atoms with van der Waals surface area (Å²) in [7, 11) is 0. The zero-order valence-corrected chi connectivity index (χ0v) is 18.0. The number of nitrogens with one attached hydrogen (secondary N) is 1. The SMILES string of the molecule is Cc1ccc(-n2nc(C)c(C(=O)Nc3c(C)cc(C)cc3C)c2-n2cccc2)cc1. The molecule has 30 heavy (non-hydrogen) atoms. The van der Waals surface area contributed by atoms with E-state index in [1.165, 1.54) is 11.1 Å². The van der Waals surface area contributed by atoms with Crippen molar-refractivity contribution in [1.29, 1.82) is 0 Å². The molecule has 0 fully saturated rings. The maximum atomic E-state index is 13.5. The molecule has 2 heterocycles. The van der Waals surface area contributed by atoms with Crippen molar-refractivity contribution in [3.63, 3.8) is 0 Å². The molecule has 0 bridgehead atoms. The Balaban J connectivity index is 1.84. The number of anilines is 1. The summed E-state index contributed by atoms with van der Waals surface area (Å²) in [5, 5.41) is 7.86. The van der Waals surface area contributed by atoms with Gasteiger partial charge in [-0.3, -0.25) is 4.79 Å². The lowest BCUT2D eigenvalue weighted by atomic mass is 10.0. The number of carbonyl (C=O) groups excluding carboxylic acids is 1. The highest BCUT2D eigenvalue weighted by Gasteiger charge is 2.24. The molecule has 0 aliphatic rings. The molecule has 5 nitrogen and oxygen atoms in total. The van der Waals surface area contributed by atoms with E-state index < -0.39 is 0 Å². The fourth-order valence-electron chi connectivity index (χ4n) is 3.91. The summed E-state index contributed by atoms with van der Waals surface area (Å²) in [6.45, 7) is 10.0. The van der Waals surface area contributed by atoms with Crippen molar-refractivity contribution in [2.75, 3.05) is 5.32 Å². The zero-order chi connectivity index (χ0) is 21.4. The number of aryl methyl sites for hydroxylation is 5. The van der Waals surface area contributed by atoms with Crippen LogP contribution in [0.2, 0.25) is 0 Å². The predicted molar refractivity (Wildman–Crippen MR) is 121 cm³/mol. The molecule has 4 aromatic rings. The molecule has 4 rings (SSSR count). The standard InChI is InChI=1S/C25H26N4O/c1-16-8-10-21(11-9-16)29-25(28-12-6-7-13-28)22(20(5)27-29)24(30)26-23-18(3)14-17(2)15-19(23)4/h6-15H,1-5H3,(H,26,30). The van der Waals surface area contributed by atoms with Crippen LogP contribution in [0.15, 0.2) is 60.9 Å². The third-order valence-electron chi connectivity index (χ3n) is 5.31. The van der Waals surface area contributed by atoms with E-state index in [9.17, 15) is 4.79 Å². The van der Waals surface area contributed by atoms with Gasteiger partial charge in [0.05, 0.1) is 11.4 Å². The Kier molecular flexibility index (Phi) is 5.04. The topological polar surface area (TPSA) is 51.9 Å². The van der Waals surface area contributed by atoms with Crippen LogP contribution < -0.4 is 5.32 Å². The van der Waals surface area contributed by atoms with Crippen molar-refractivity contribution in [1.82, 2.24) is 14.3 Å². The first-order chi connectivity index (χ1) is 14.3. The lowest BCUT2D eigenvalue weighted by Crippen LogP contribution is -2.17. The molecule has 0 aliphatic carbocycles. The van der Waals surface area contributed by atoms with Crippen LogP contribution in [-0.4, -0.2) is 20.3 Å². The second-order valence-corrected chi connectivity index (χ2v) is 7.85. The molecule has 5 heteroatoms. The number of benzene rings is 2. The smallest absolute Gasteiger partial charge is 0.261 e. The van der Waals surface area contributed by atoms with Gasteiger partial charge in [0.25, 0.3) is 5.91 Å². The van der Waals surface area contributed by atoms with E-state index in [4.69, 9.17) is 5.10 Å². The quantitative estimate of drug-likeness (QED) is 0.496. The number of amides is 1. The largest absolute Gasteiger partial charge is 0.321 e. The van der Waals surface area contributed by atoms with E-state index >= 15 is 0 Å². The van der Waals surface area contributed by atoms with Gasteiger partial charge in [-0.2, -0.15) is 5.10 Å². The molecule has 0 spiro atoms. The van der Waals surface area contributed by atoms with Crippen LogP contribution in [0, 0.1) is 34.6 Å². The fourth-order valence-corrected chi connectivity index (χ4v) is 3.91. The van der Waals surface area contributed by atoms with Gasteiger partial charge in [-0.05, 0) is 70.0 Å². The number of aromatic nitrogens is 3. The Labute approximate surface area is 177 Å². The highest BCUT2D eigenvalue weighted by Crippen LogP contribution is 2.27. The van der Waals surface area contributed by atoms with Crippen molar-refractivity contribution in [2.45, 2.75) is 34.6 Å². The molecule has 0 atom stereocenters. The summed E-state index contributed by atoms with van der Waals surface area (Å²) in [6, 6.07) is 16.2. The molecular weight excluding hydrogens is 372 g/mol. The molecule has 2 aromatic heterocycles. The van der Waals surface area contributed by atoms with Gasteiger partial charge in [0.2, 0.25) is 0 Å². The van der Waals surface area contributed by atoms with Gasteiger partial charge in [-0.1, -0.05) is 35.4 Å². The maximum Gasteiger partial charge on any atom is 0.261 e. The first-order valence-electron chi connectivity index (χ1n) is 10.0. The first-order valence-corrected chi connectivity index (χ1v) is 10.0. The molecular formula is C25H26N4O. The Morgan fingerprint density at radius 3 is 2.07 bits per heavy atom. The molecule has 1 N–H and O–H groups in total. The number of rotatable bonds is 4. The van der Waals surface area contributed by atoms with Gasteiger partial charge in [0.15, 0.2) is 5.82 Å². The third-order valence-corrected chi connectivity index (χ3v) is 5.31. The van der Waals surface area contributed by atoms with Crippen LogP contribution in [0.5, 0.6) is 0 Å². The van der Waals surface area contributed by atoms with Crippen molar-refractivity contribution in [2.24, 2.45) is 0 Å². The van der Waals surface area contributed by atoms with Crippen molar-refractivity contribution in [3.8, 4) is 11.5 Å². The van der Waals surface area contributed by atoms with Crippen LogP contribution >= 0.6 is 0 Å². The van der Waals surface area contributed by atoms with Crippen molar-refractivity contribution >= 4 is 11.6 Å². The first kappa shape index (κ1) is 19.7. The zero-order valence-electron chi connectivity index (χ0n) is 18.0. The van der Waals surface area contributed by atoms with Gasteiger partial charge in [0.1, 0.15) is 5.56 Å². The lowest BCUT2D eigenvalue weighted by molar-refractivity contribution is 0.102. The molecule has 1 amide bonds. The molecule has 0 saturated heterocycles. The Bertz CT molecular complexity index is 1190. The maximum absolute atomic E-state index is 13.5. The average Bonchev–Trinajstić information content (AvgIpc) is 3.32. The number of nitrogens with zero attached hydrogens (tertiary/aromatic N) is 3. The van der Waals surface area contributed by atoms with Crippen LogP contribution in [-0.2, 0) is 0 Å². The van der Waals surface area contributed by atoms with E-state index in [0.29, 0.717) is 11.3 Å².